The van der Waals surface area contributed by atoms with Crippen LogP contribution in [0.1, 0.15) is 25.5 Å². The van der Waals surface area contributed by atoms with Crippen LogP contribution in [0.4, 0.5) is 0 Å². The number of oxazole rings is 1. The first kappa shape index (κ1) is 17.0. The number of para-hydroxylation sites is 1. The van der Waals surface area contributed by atoms with Crippen molar-refractivity contribution in [2.24, 2.45) is 0 Å². The van der Waals surface area contributed by atoms with Crippen molar-refractivity contribution in [1.82, 2.24) is 14.8 Å². The molecular weight excluding hydrogens is 302 g/mol. The van der Waals surface area contributed by atoms with Crippen molar-refractivity contribution in [2.45, 2.75) is 32.4 Å². The molecule has 0 radical (unpaired) electrons. The Hall–Kier alpha value is -1.85. The zero-order valence-electron chi connectivity index (χ0n) is 14.9. The number of benzene rings is 1. The fourth-order valence-electron chi connectivity index (χ4n) is 3.25. The minimum atomic E-state index is 0.622. The molecule has 130 valence electrons. The van der Waals surface area contributed by atoms with Crippen LogP contribution in [-0.4, -0.2) is 54.6 Å². The molecule has 1 aromatic carbocycles. The highest BCUT2D eigenvalue weighted by Crippen LogP contribution is 2.29. The Labute approximate surface area is 144 Å². The summed E-state index contributed by atoms with van der Waals surface area (Å²) in [6.45, 7) is 5.76. The van der Waals surface area contributed by atoms with Crippen LogP contribution in [0.25, 0.3) is 11.5 Å². The zero-order chi connectivity index (χ0) is 16.9. The second kappa shape index (κ2) is 7.81. The van der Waals surface area contributed by atoms with Gasteiger partial charge in [0, 0.05) is 12.6 Å². The fraction of sp³-hybridized carbons (Fsp3) is 0.526. The van der Waals surface area contributed by atoms with Gasteiger partial charge in [-0.05, 0) is 59.1 Å². The van der Waals surface area contributed by atoms with Gasteiger partial charge in [-0.25, -0.2) is 4.98 Å². The largest absolute Gasteiger partial charge is 0.493 e. The molecule has 0 saturated carbocycles. The van der Waals surface area contributed by atoms with Crippen molar-refractivity contribution >= 4 is 0 Å². The average molecular weight is 329 g/mol. The minimum Gasteiger partial charge on any atom is -0.493 e. The van der Waals surface area contributed by atoms with E-state index in [1.807, 2.05) is 31.2 Å². The monoisotopic (exact) mass is 329 g/mol. The summed E-state index contributed by atoms with van der Waals surface area (Å²) in [6, 6.07) is 8.50. The standard InChI is InChI=1S/C19H27N3O2/c1-4-23-18-8-6-5-7-17(18)19-20-15(14-24-19)13-22(3)16-9-11-21(2)12-10-16/h5-8,14,16H,4,9-13H2,1-3H3. The van der Waals surface area contributed by atoms with Gasteiger partial charge in [0.05, 0.1) is 17.9 Å². The number of hydrogen-bond donors (Lipinski definition) is 0. The van der Waals surface area contributed by atoms with Gasteiger partial charge >= 0.3 is 0 Å². The predicted octanol–water partition coefficient (Wildman–Crippen LogP) is 3.27. The van der Waals surface area contributed by atoms with E-state index in [9.17, 15) is 0 Å². The lowest BCUT2D eigenvalue weighted by molar-refractivity contribution is 0.138. The summed E-state index contributed by atoms with van der Waals surface area (Å²) in [5, 5.41) is 0. The predicted molar refractivity (Wildman–Crippen MR) is 95.1 cm³/mol. The number of rotatable bonds is 6. The molecule has 0 N–H and O–H groups in total. The lowest BCUT2D eigenvalue weighted by Crippen LogP contribution is -2.41. The molecule has 1 aliphatic rings. The van der Waals surface area contributed by atoms with E-state index in [1.165, 1.54) is 25.9 Å². The number of aromatic nitrogens is 1. The molecule has 2 aromatic rings. The lowest BCUT2D eigenvalue weighted by atomic mass is 10.0. The van der Waals surface area contributed by atoms with Crippen LogP contribution in [0.5, 0.6) is 5.75 Å². The van der Waals surface area contributed by atoms with Crippen LogP contribution >= 0.6 is 0 Å². The Balaban J connectivity index is 1.67. The normalized spacial score (nSPS) is 16.7. The molecule has 1 fully saturated rings. The van der Waals surface area contributed by atoms with E-state index in [4.69, 9.17) is 9.15 Å². The Morgan fingerprint density at radius 1 is 1.29 bits per heavy atom. The summed E-state index contributed by atoms with van der Waals surface area (Å²) >= 11 is 0. The molecule has 5 nitrogen and oxygen atoms in total. The highest BCUT2D eigenvalue weighted by molar-refractivity contribution is 5.62. The molecule has 0 amide bonds. The van der Waals surface area contributed by atoms with E-state index in [0.29, 0.717) is 18.5 Å². The number of likely N-dealkylation sites (tertiary alicyclic amines) is 1. The summed E-state index contributed by atoms with van der Waals surface area (Å²) < 4.78 is 11.4. The molecule has 0 bridgehead atoms. The van der Waals surface area contributed by atoms with Gasteiger partial charge in [-0.3, -0.25) is 4.90 Å². The van der Waals surface area contributed by atoms with Crippen LogP contribution in [0.3, 0.4) is 0 Å². The van der Waals surface area contributed by atoms with Crippen molar-refractivity contribution in [3.63, 3.8) is 0 Å². The summed E-state index contributed by atoms with van der Waals surface area (Å²) in [6.07, 6.45) is 4.19. The maximum atomic E-state index is 5.72. The van der Waals surface area contributed by atoms with Crippen LogP contribution in [0, 0.1) is 0 Å². The van der Waals surface area contributed by atoms with Crippen molar-refractivity contribution in [2.75, 3.05) is 33.8 Å². The molecule has 0 aliphatic carbocycles. The van der Waals surface area contributed by atoms with Crippen molar-refractivity contribution in [1.29, 1.82) is 0 Å². The fourth-order valence-corrected chi connectivity index (χ4v) is 3.25. The molecule has 0 atom stereocenters. The van der Waals surface area contributed by atoms with Gasteiger partial charge in [-0.2, -0.15) is 0 Å². The second-order valence-electron chi connectivity index (χ2n) is 6.52. The molecule has 5 heteroatoms. The van der Waals surface area contributed by atoms with Gasteiger partial charge in [0.25, 0.3) is 0 Å². The van der Waals surface area contributed by atoms with Gasteiger partial charge in [-0.1, -0.05) is 12.1 Å². The van der Waals surface area contributed by atoms with E-state index in [-0.39, 0.29) is 0 Å². The Morgan fingerprint density at radius 2 is 2.04 bits per heavy atom. The SMILES string of the molecule is CCOc1ccccc1-c1nc(CN(C)C2CCN(C)CC2)co1. The third-order valence-corrected chi connectivity index (χ3v) is 4.69. The number of nitrogens with zero attached hydrogens (tertiary/aromatic N) is 3. The van der Waals surface area contributed by atoms with Crippen LogP contribution in [0.2, 0.25) is 0 Å². The third-order valence-electron chi connectivity index (χ3n) is 4.69. The molecule has 2 heterocycles. The summed E-state index contributed by atoms with van der Waals surface area (Å²) in [5.74, 6) is 1.45. The summed E-state index contributed by atoms with van der Waals surface area (Å²) in [4.78, 5) is 9.46. The Kier molecular flexibility index (Phi) is 5.53. The highest BCUT2D eigenvalue weighted by Gasteiger charge is 2.21. The quantitative estimate of drug-likeness (QED) is 0.814. The average Bonchev–Trinajstić information content (AvgIpc) is 3.04. The van der Waals surface area contributed by atoms with Crippen molar-refractivity contribution in [3.8, 4) is 17.2 Å². The maximum absolute atomic E-state index is 5.72. The number of ether oxygens (including phenoxy) is 1. The topological polar surface area (TPSA) is 41.7 Å². The zero-order valence-corrected chi connectivity index (χ0v) is 14.9. The highest BCUT2D eigenvalue weighted by atomic mass is 16.5. The molecule has 1 aliphatic heterocycles. The summed E-state index contributed by atoms with van der Waals surface area (Å²) in [5.41, 5.74) is 1.88. The Bertz CT molecular complexity index is 648. The van der Waals surface area contributed by atoms with Crippen LogP contribution < -0.4 is 4.74 Å². The Morgan fingerprint density at radius 3 is 2.79 bits per heavy atom. The molecule has 1 aromatic heterocycles. The third kappa shape index (κ3) is 3.97. The maximum Gasteiger partial charge on any atom is 0.229 e. The van der Waals surface area contributed by atoms with Crippen LogP contribution in [0.15, 0.2) is 34.9 Å². The van der Waals surface area contributed by atoms with Gasteiger partial charge in [0.2, 0.25) is 5.89 Å². The van der Waals surface area contributed by atoms with Gasteiger partial charge in [-0.15, -0.1) is 0 Å². The number of piperidine rings is 1. The van der Waals surface area contributed by atoms with Gasteiger partial charge < -0.3 is 14.1 Å². The van der Waals surface area contributed by atoms with Crippen molar-refractivity contribution in [3.05, 3.63) is 36.2 Å². The van der Waals surface area contributed by atoms with E-state index < -0.39 is 0 Å². The van der Waals surface area contributed by atoms with Crippen LogP contribution in [-0.2, 0) is 6.54 Å². The van der Waals surface area contributed by atoms with Gasteiger partial charge in [0.1, 0.15) is 12.0 Å². The molecule has 0 unspecified atom stereocenters. The molecule has 1 saturated heterocycles. The first-order chi connectivity index (χ1) is 11.7. The first-order valence-corrected chi connectivity index (χ1v) is 8.72. The molecule has 24 heavy (non-hydrogen) atoms. The molecule has 0 spiro atoms. The van der Waals surface area contributed by atoms with E-state index in [2.05, 4.69) is 28.9 Å². The lowest BCUT2D eigenvalue weighted by Gasteiger charge is -2.34. The summed E-state index contributed by atoms with van der Waals surface area (Å²) in [7, 11) is 4.37. The number of hydrogen-bond acceptors (Lipinski definition) is 5. The molecule has 3 rings (SSSR count). The van der Waals surface area contributed by atoms with E-state index in [1.54, 1.807) is 6.26 Å². The minimum absolute atomic E-state index is 0.622. The van der Waals surface area contributed by atoms with Gasteiger partial charge in [0.15, 0.2) is 0 Å². The van der Waals surface area contributed by atoms with E-state index >= 15 is 0 Å². The first-order valence-electron chi connectivity index (χ1n) is 8.72. The van der Waals surface area contributed by atoms with Crippen molar-refractivity contribution < 1.29 is 9.15 Å². The smallest absolute Gasteiger partial charge is 0.229 e. The molecular formula is C19H27N3O2. The second-order valence-corrected chi connectivity index (χ2v) is 6.52. The van der Waals surface area contributed by atoms with E-state index in [0.717, 1.165) is 23.6 Å².